The molecule has 240 valence electrons. The first-order valence-corrected chi connectivity index (χ1v) is 17.8. The van der Waals surface area contributed by atoms with Crippen molar-refractivity contribution in [2.75, 3.05) is 5.01 Å². The SMILES string of the molecule is CCCCCCc1cc2cc(-c3cnc(N4N=C5/C(=C/c6ccc(Cl)cc6)CCC[C@H]5[C@H]4c4ccc(Cl)cc4)s3)c(=O)oc2cc1O. The Labute approximate surface area is 288 Å². The minimum absolute atomic E-state index is 0.0681. The zero-order valence-corrected chi connectivity index (χ0v) is 28.4. The van der Waals surface area contributed by atoms with Crippen molar-refractivity contribution in [1.29, 1.82) is 0 Å². The number of hydrogen-bond donors (Lipinski definition) is 1. The first-order chi connectivity index (χ1) is 22.9. The monoisotopic (exact) mass is 683 g/mol. The van der Waals surface area contributed by atoms with E-state index in [0.717, 1.165) is 72.7 Å². The third kappa shape index (κ3) is 6.62. The summed E-state index contributed by atoms with van der Waals surface area (Å²) < 4.78 is 5.71. The van der Waals surface area contributed by atoms with Crippen LogP contribution in [-0.2, 0) is 6.42 Å². The van der Waals surface area contributed by atoms with Crippen LogP contribution in [-0.4, -0.2) is 15.8 Å². The molecule has 6 nitrogen and oxygen atoms in total. The normalized spacial score (nSPS) is 18.6. The number of hydrogen-bond acceptors (Lipinski definition) is 7. The fourth-order valence-corrected chi connectivity index (χ4v) is 7.88. The quantitative estimate of drug-likeness (QED) is 0.123. The van der Waals surface area contributed by atoms with Gasteiger partial charge < -0.3 is 9.52 Å². The van der Waals surface area contributed by atoms with E-state index in [0.29, 0.717) is 31.2 Å². The summed E-state index contributed by atoms with van der Waals surface area (Å²) in [6, 6.07) is 21.1. The van der Waals surface area contributed by atoms with Gasteiger partial charge in [0, 0.05) is 33.6 Å². The maximum absolute atomic E-state index is 13.2. The molecule has 1 saturated carbocycles. The third-order valence-corrected chi connectivity index (χ3v) is 10.6. The lowest BCUT2D eigenvalue weighted by atomic mass is 9.77. The molecule has 1 aliphatic heterocycles. The van der Waals surface area contributed by atoms with Crippen molar-refractivity contribution in [3.8, 4) is 16.2 Å². The lowest BCUT2D eigenvalue weighted by Crippen LogP contribution is -2.28. The molecule has 0 spiro atoms. The van der Waals surface area contributed by atoms with Crippen LogP contribution >= 0.6 is 34.5 Å². The Bertz CT molecular complexity index is 2030. The molecule has 0 amide bonds. The van der Waals surface area contributed by atoms with Gasteiger partial charge in [0.05, 0.1) is 22.2 Å². The lowest BCUT2D eigenvalue weighted by molar-refractivity contribution is 0.464. The number of halogens is 2. The summed E-state index contributed by atoms with van der Waals surface area (Å²) >= 11 is 13.9. The molecule has 2 atom stereocenters. The van der Waals surface area contributed by atoms with Crippen molar-refractivity contribution in [2.24, 2.45) is 11.0 Å². The molecule has 2 aliphatic rings. The van der Waals surface area contributed by atoms with E-state index >= 15 is 0 Å². The van der Waals surface area contributed by atoms with Crippen LogP contribution in [0, 0.1) is 5.92 Å². The van der Waals surface area contributed by atoms with Gasteiger partial charge in [-0.3, -0.25) is 0 Å². The minimum atomic E-state index is -0.466. The van der Waals surface area contributed by atoms with E-state index < -0.39 is 5.63 Å². The van der Waals surface area contributed by atoms with Crippen LogP contribution in [0.25, 0.3) is 27.5 Å². The average molecular weight is 685 g/mol. The molecule has 0 bridgehead atoms. The first kappa shape index (κ1) is 31.7. The van der Waals surface area contributed by atoms with Gasteiger partial charge in [0.2, 0.25) is 5.13 Å². The Balaban J connectivity index is 1.25. The molecule has 1 fully saturated rings. The Hall–Kier alpha value is -3.91. The molecule has 1 N–H and O–H groups in total. The van der Waals surface area contributed by atoms with Crippen molar-refractivity contribution < 1.29 is 9.52 Å². The molecule has 3 aromatic carbocycles. The van der Waals surface area contributed by atoms with E-state index in [9.17, 15) is 9.90 Å². The molecule has 47 heavy (non-hydrogen) atoms. The Morgan fingerprint density at radius 2 is 1.79 bits per heavy atom. The first-order valence-electron chi connectivity index (χ1n) is 16.2. The van der Waals surface area contributed by atoms with Gasteiger partial charge in [0.25, 0.3) is 0 Å². The summed E-state index contributed by atoms with van der Waals surface area (Å²) in [7, 11) is 0. The predicted octanol–water partition coefficient (Wildman–Crippen LogP) is 10.9. The molecule has 0 radical (unpaired) electrons. The summed E-state index contributed by atoms with van der Waals surface area (Å²) in [5.74, 6) is 0.335. The van der Waals surface area contributed by atoms with E-state index in [4.69, 9.17) is 37.7 Å². The fourth-order valence-electron chi connectivity index (χ4n) is 6.72. The van der Waals surface area contributed by atoms with E-state index in [1.807, 2.05) is 53.5 Å². The highest BCUT2D eigenvalue weighted by atomic mass is 35.5. The second kappa shape index (κ2) is 13.7. The molecule has 7 rings (SSSR count). The lowest BCUT2D eigenvalue weighted by Gasteiger charge is -2.29. The van der Waals surface area contributed by atoms with Gasteiger partial charge in [-0.25, -0.2) is 14.8 Å². The van der Waals surface area contributed by atoms with Crippen molar-refractivity contribution >= 4 is 62.4 Å². The topological polar surface area (TPSA) is 78.9 Å². The molecule has 5 aromatic rings. The molecule has 9 heteroatoms. The second-order valence-electron chi connectivity index (χ2n) is 12.3. The van der Waals surface area contributed by atoms with Gasteiger partial charge >= 0.3 is 5.63 Å². The number of fused-ring (bicyclic) bond motifs is 2. The summed E-state index contributed by atoms with van der Waals surface area (Å²) in [6.45, 7) is 2.18. The predicted molar refractivity (Wildman–Crippen MR) is 194 cm³/mol. The van der Waals surface area contributed by atoms with Crippen LogP contribution in [0.4, 0.5) is 5.13 Å². The van der Waals surface area contributed by atoms with Crippen molar-refractivity contribution in [3.63, 3.8) is 0 Å². The van der Waals surface area contributed by atoms with Crippen LogP contribution in [0.15, 0.2) is 92.8 Å². The largest absolute Gasteiger partial charge is 0.508 e. The van der Waals surface area contributed by atoms with Crippen molar-refractivity contribution in [1.82, 2.24) is 4.98 Å². The van der Waals surface area contributed by atoms with Crippen LogP contribution in [0.5, 0.6) is 5.75 Å². The van der Waals surface area contributed by atoms with E-state index in [1.54, 1.807) is 12.3 Å². The number of allylic oxidation sites excluding steroid dienone is 1. The van der Waals surface area contributed by atoms with Crippen LogP contribution < -0.4 is 10.6 Å². The highest BCUT2D eigenvalue weighted by molar-refractivity contribution is 7.18. The number of phenolic OH excluding ortho intramolecular Hbond substituents is 1. The standard InChI is InChI=1S/C38H35Cl2N3O3S/c1-2-3-4-5-7-25-19-27-20-31(37(45)46-33(27)21-32(25)44)34-22-41-38(47-34)43-36(24-12-16-29(40)17-13-24)30-9-6-8-26(35(30)42-43)18-23-10-14-28(39)15-11-23/h10-22,30,36,44H,2-9H2,1H3/b26-18+/t30-,36-/m1/s1. The van der Waals surface area contributed by atoms with Crippen LogP contribution in [0.2, 0.25) is 10.0 Å². The summed E-state index contributed by atoms with van der Waals surface area (Å²) in [5, 5.41) is 20.7. The molecule has 3 heterocycles. The van der Waals surface area contributed by atoms with Gasteiger partial charge in [0.1, 0.15) is 11.3 Å². The molecule has 1 aliphatic carbocycles. The molecule has 2 aromatic heterocycles. The number of benzene rings is 3. The number of thiazole rings is 1. The minimum Gasteiger partial charge on any atom is -0.508 e. The smallest absolute Gasteiger partial charge is 0.345 e. The van der Waals surface area contributed by atoms with Gasteiger partial charge in [-0.15, -0.1) is 0 Å². The Morgan fingerprint density at radius 3 is 2.55 bits per heavy atom. The number of aryl methyl sites for hydroxylation is 1. The van der Waals surface area contributed by atoms with E-state index in [-0.39, 0.29) is 17.7 Å². The number of phenols is 1. The maximum atomic E-state index is 13.2. The number of unbranched alkanes of at least 4 members (excludes halogenated alkanes) is 3. The van der Waals surface area contributed by atoms with Crippen LogP contribution in [0.1, 0.15) is 74.6 Å². The van der Waals surface area contributed by atoms with Crippen LogP contribution in [0.3, 0.4) is 0 Å². The number of anilines is 1. The molecular weight excluding hydrogens is 649 g/mol. The van der Waals surface area contributed by atoms with Gasteiger partial charge in [0.15, 0.2) is 0 Å². The Morgan fingerprint density at radius 1 is 1.02 bits per heavy atom. The summed E-state index contributed by atoms with van der Waals surface area (Å²) in [5.41, 5.74) is 5.69. The second-order valence-corrected chi connectivity index (χ2v) is 14.2. The van der Waals surface area contributed by atoms with Gasteiger partial charge in [-0.05, 0) is 96.8 Å². The number of aromatic hydroxyl groups is 1. The van der Waals surface area contributed by atoms with Gasteiger partial charge in [-0.2, -0.15) is 5.10 Å². The van der Waals surface area contributed by atoms with Crippen molar-refractivity contribution in [3.05, 3.63) is 116 Å². The highest BCUT2D eigenvalue weighted by Gasteiger charge is 2.43. The Kier molecular flexibility index (Phi) is 9.22. The molecule has 0 saturated heterocycles. The number of hydrazone groups is 1. The third-order valence-electron chi connectivity index (χ3n) is 9.11. The van der Waals surface area contributed by atoms with E-state index in [1.165, 1.54) is 23.3 Å². The zero-order valence-electron chi connectivity index (χ0n) is 26.1. The maximum Gasteiger partial charge on any atom is 0.345 e. The number of aromatic nitrogens is 1. The van der Waals surface area contributed by atoms with Crippen molar-refractivity contribution in [2.45, 2.75) is 64.3 Å². The summed E-state index contributed by atoms with van der Waals surface area (Å²) in [6.07, 6.45) is 12.2. The fraction of sp³-hybridized carbons (Fsp3) is 0.289. The van der Waals surface area contributed by atoms with E-state index in [2.05, 4.69) is 25.1 Å². The number of nitrogens with zero attached hydrogens (tertiary/aromatic N) is 3. The highest BCUT2D eigenvalue weighted by Crippen LogP contribution is 2.48. The zero-order chi connectivity index (χ0) is 32.5. The molecular formula is C38H35Cl2N3O3S. The van der Waals surface area contributed by atoms with Gasteiger partial charge in [-0.1, -0.05) is 85.0 Å². The summed E-state index contributed by atoms with van der Waals surface area (Å²) in [4.78, 5) is 18.7. The number of rotatable bonds is 9. The average Bonchev–Trinajstić information content (AvgIpc) is 3.71. The molecule has 0 unspecified atom stereocenters.